The molecule has 1 unspecified atom stereocenters. The van der Waals surface area contributed by atoms with E-state index in [0.717, 1.165) is 24.1 Å². The summed E-state index contributed by atoms with van der Waals surface area (Å²) in [4.78, 5) is 14.0. The number of nitrogens with zero attached hydrogens (tertiary/aromatic N) is 1. The first-order valence-electron chi connectivity index (χ1n) is 6.68. The van der Waals surface area contributed by atoms with Crippen molar-refractivity contribution in [2.75, 3.05) is 11.4 Å². The molecule has 1 N–H and O–H groups in total. The van der Waals surface area contributed by atoms with Gasteiger partial charge in [-0.3, -0.25) is 4.79 Å². The summed E-state index contributed by atoms with van der Waals surface area (Å²) in [7, 11) is 0. The van der Waals surface area contributed by atoms with Gasteiger partial charge >= 0.3 is 0 Å². The lowest BCUT2D eigenvalue weighted by atomic mass is 9.87. The Balaban J connectivity index is 2.28. The van der Waals surface area contributed by atoms with Gasteiger partial charge in [0.15, 0.2) is 0 Å². The molecule has 1 amide bonds. The van der Waals surface area contributed by atoms with Crippen LogP contribution < -0.4 is 4.90 Å². The molecular formula is C15H21NO2. The molecule has 98 valence electrons. The predicted octanol–water partition coefficient (Wildman–Crippen LogP) is 2.82. The Morgan fingerprint density at radius 2 is 2.17 bits per heavy atom. The van der Waals surface area contributed by atoms with Crippen LogP contribution >= 0.6 is 0 Å². The summed E-state index contributed by atoms with van der Waals surface area (Å²) < 4.78 is 0. The largest absolute Gasteiger partial charge is 0.385 e. The van der Waals surface area contributed by atoms with Crippen molar-refractivity contribution in [1.82, 2.24) is 0 Å². The average Bonchev–Trinajstić information content (AvgIpc) is 2.36. The number of carbonyl (C=O) groups is 1. The van der Waals surface area contributed by atoms with Crippen LogP contribution in [0, 0.1) is 0 Å². The minimum Gasteiger partial charge on any atom is -0.385 e. The van der Waals surface area contributed by atoms with Gasteiger partial charge in [0, 0.05) is 24.2 Å². The normalized spacial score (nSPS) is 22.7. The number of hydrogen-bond acceptors (Lipinski definition) is 2. The van der Waals surface area contributed by atoms with Crippen LogP contribution in [0.2, 0.25) is 0 Å². The molecule has 0 spiro atoms. The van der Waals surface area contributed by atoms with Gasteiger partial charge in [-0.15, -0.1) is 0 Å². The van der Waals surface area contributed by atoms with Gasteiger partial charge in [-0.1, -0.05) is 31.5 Å². The highest BCUT2D eigenvalue weighted by Crippen LogP contribution is 2.38. The third-order valence-corrected chi connectivity index (χ3v) is 3.64. The Morgan fingerprint density at radius 1 is 1.44 bits per heavy atom. The van der Waals surface area contributed by atoms with Gasteiger partial charge in [0.2, 0.25) is 5.91 Å². The van der Waals surface area contributed by atoms with Crippen molar-refractivity contribution in [3.63, 3.8) is 0 Å². The topological polar surface area (TPSA) is 40.5 Å². The minimum absolute atomic E-state index is 0.166. The highest BCUT2D eigenvalue weighted by atomic mass is 16.3. The molecule has 1 aliphatic heterocycles. The molecule has 0 aromatic heterocycles. The molecule has 0 radical (unpaired) electrons. The number of aliphatic hydroxyl groups is 1. The Morgan fingerprint density at radius 3 is 2.89 bits per heavy atom. The van der Waals surface area contributed by atoms with Gasteiger partial charge in [-0.2, -0.15) is 0 Å². The van der Waals surface area contributed by atoms with Crippen molar-refractivity contribution in [3.05, 3.63) is 29.8 Å². The molecule has 1 heterocycles. The van der Waals surface area contributed by atoms with E-state index in [9.17, 15) is 9.90 Å². The van der Waals surface area contributed by atoms with Crippen molar-refractivity contribution in [2.24, 2.45) is 0 Å². The van der Waals surface area contributed by atoms with E-state index in [0.29, 0.717) is 19.4 Å². The smallest absolute Gasteiger partial charge is 0.226 e. The van der Waals surface area contributed by atoms with Crippen LogP contribution in [0.3, 0.4) is 0 Å². The second-order valence-corrected chi connectivity index (χ2v) is 5.19. The summed E-state index contributed by atoms with van der Waals surface area (Å²) in [6.45, 7) is 4.51. The predicted molar refractivity (Wildman–Crippen MR) is 72.5 cm³/mol. The van der Waals surface area contributed by atoms with Crippen molar-refractivity contribution in [1.29, 1.82) is 0 Å². The Bertz CT molecular complexity index is 440. The van der Waals surface area contributed by atoms with Crippen LogP contribution in [-0.4, -0.2) is 17.6 Å². The molecular weight excluding hydrogens is 226 g/mol. The molecule has 0 bridgehead atoms. The van der Waals surface area contributed by atoms with Crippen LogP contribution in [0.4, 0.5) is 5.69 Å². The standard InChI is InChI=1S/C15H21NO2/c1-3-4-9-14(17)16-11-10-15(2,18)12-7-5-6-8-13(12)16/h5-8,18H,3-4,9-11H2,1-2H3. The highest BCUT2D eigenvalue weighted by molar-refractivity contribution is 5.94. The minimum atomic E-state index is -0.821. The van der Waals surface area contributed by atoms with Crippen LogP contribution in [0.15, 0.2) is 24.3 Å². The first kappa shape index (κ1) is 13.1. The maximum Gasteiger partial charge on any atom is 0.226 e. The molecule has 1 atom stereocenters. The number of rotatable bonds is 3. The molecule has 2 rings (SSSR count). The molecule has 0 saturated carbocycles. The van der Waals surface area contributed by atoms with Crippen LogP contribution in [0.5, 0.6) is 0 Å². The fourth-order valence-corrected chi connectivity index (χ4v) is 2.47. The number of anilines is 1. The lowest BCUT2D eigenvalue weighted by molar-refractivity contribution is -0.119. The molecule has 18 heavy (non-hydrogen) atoms. The zero-order valence-electron chi connectivity index (χ0n) is 11.1. The molecule has 0 fully saturated rings. The van der Waals surface area contributed by atoms with E-state index in [4.69, 9.17) is 0 Å². The molecule has 1 aromatic carbocycles. The van der Waals surface area contributed by atoms with E-state index in [-0.39, 0.29) is 5.91 Å². The third kappa shape index (κ3) is 2.41. The lowest BCUT2D eigenvalue weighted by Crippen LogP contribution is -2.42. The number of para-hydroxylation sites is 1. The Kier molecular flexibility index (Phi) is 3.71. The summed E-state index contributed by atoms with van der Waals surface area (Å²) in [5.41, 5.74) is 0.911. The van der Waals surface area contributed by atoms with Crippen LogP contribution in [-0.2, 0) is 10.4 Å². The van der Waals surface area contributed by atoms with Gasteiger partial charge in [-0.05, 0) is 25.8 Å². The number of hydrogen-bond donors (Lipinski definition) is 1. The second kappa shape index (κ2) is 5.11. The third-order valence-electron chi connectivity index (χ3n) is 3.64. The fraction of sp³-hybridized carbons (Fsp3) is 0.533. The summed E-state index contributed by atoms with van der Waals surface area (Å²) in [6.07, 6.45) is 3.14. The Hall–Kier alpha value is -1.35. The van der Waals surface area contributed by atoms with Crippen LogP contribution in [0.25, 0.3) is 0 Å². The van der Waals surface area contributed by atoms with Crippen molar-refractivity contribution in [3.8, 4) is 0 Å². The molecule has 1 aliphatic rings. The average molecular weight is 247 g/mol. The lowest BCUT2D eigenvalue weighted by Gasteiger charge is -2.38. The van der Waals surface area contributed by atoms with E-state index < -0.39 is 5.60 Å². The number of fused-ring (bicyclic) bond motifs is 1. The van der Waals surface area contributed by atoms with E-state index >= 15 is 0 Å². The van der Waals surface area contributed by atoms with Gasteiger partial charge in [0.1, 0.15) is 0 Å². The monoisotopic (exact) mass is 247 g/mol. The second-order valence-electron chi connectivity index (χ2n) is 5.19. The highest BCUT2D eigenvalue weighted by Gasteiger charge is 2.34. The molecule has 0 aliphatic carbocycles. The molecule has 1 aromatic rings. The van der Waals surface area contributed by atoms with Gasteiger partial charge in [0.25, 0.3) is 0 Å². The molecule has 3 heteroatoms. The van der Waals surface area contributed by atoms with E-state index in [1.165, 1.54) is 0 Å². The van der Waals surface area contributed by atoms with Crippen LogP contribution in [0.1, 0.15) is 45.1 Å². The van der Waals surface area contributed by atoms with E-state index in [2.05, 4.69) is 6.92 Å². The first-order chi connectivity index (χ1) is 8.56. The SMILES string of the molecule is CCCCC(=O)N1CCC(C)(O)c2ccccc21. The maximum absolute atomic E-state index is 12.2. The number of benzene rings is 1. The van der Waals surface area contributed by atoms with Crippen molar-refractivity contribution in [2.45, 2.75) is 45.1 Å². The van der Waals surface area contributed by atoms with Crippen molar-refractivity contribution >= 4 is 11.6 Å². The molecule has 0 saturated heterocycles. The number of carbonyl (C=O) groups excluding carboxylic acids is 1. The Labute approximate surface area is 108 Å². The summed E-state index contributed by atoms with van der Waals surface area (Å²) >= 11 is 0. The zero-order valence-corrected chi connectivity index (χ0v) is 11.1. The number of amides is 1. The summed E-state index contributed by atoms with van der Waals surface area (Å²) in [6, 6.07) is 7.66. The number of unbranched alkanes of at least 4 members (excludes halogenated alkanes) is 1. The van der Waals surface area contributed by atoms with Crippen molar-refractivity contribution < 1.29 is 9.90 Å². The quantitative estimate of drug-likeness (QED) is 0.892. The summed E-state index contributed by atoms with van der Waals surface area (Å²) in [5.74, 6) is 0.166. The maximum atomic E-state index is 12.2. The first-order valence-corrected chi connectivity index (χ1v) is 6.68. The van der Waals surface area contributed by atoms with E-state index in [1.807, 2.05) is 36.1 Å². The van der Waals surface area contributed by atoms with Gasteiger partial charge in [0.05, 0.1) is 5.60 Å². The fourth-order valence-electron chi connectivity index (χ4n) is 2.47. The summed E-state index contributed by atoms with van der Waals surface area (Å²) in [5, 5.41) is 10.4. The van der Waals surface area contributed by atoms with Gasteiger partial charge < -0.3 is 10.0 Å². The van der Waals surface area contributed by atoms with Gasteiger partial charge in [-0.25, -0.2) is 0 Å². The van der Waals surface area contributed by atoms with E-state index in [1.54, 1.807) is 0 Å². The zero-order chi connectivity index (χ0) is 13.2. The molecule has 3 nitrogen and oxygen atoms in total.